The van der Waals surface area contributed by atoms with Gasteiger partial charge in [0.2, 0.25) is 5.78 Å². The Morgan fingerprint density at radius 3 is 2.38 bits per heavy atom. The predicted molar refractivity (Wildman–Crippen MR) is 74.0 cm³/mol. The minimum Gasteiger partial charge on any atom is -0.465 e. The second kappa shape index (κ2) is 7.98. The minimum atomic E-state index is -4.61. The van der Waals surface area contributed by atoms with Crippen molar-refractivity contribution in [3.63, 3.8) is 0 Å². The van der Waals surface area contributed by atoms with E-state index < -0.39 is 48.0 Å². The van der Waals surface area contributed by atoms with Gasteiger partial charge >= 0.3 is 12.1 Å². The molecule has 0 fully saturated rings. The lowest BCUT2D eigenvalue weighted by atomic mass is 9.92. The normalized spacial score (nSPS) is 12.8. The molecular formula is C15H14F5NO3. The van der Waals surface area contributed by atoms with Gasteiger partial charge in [0.25, 0.3) is 6.43 Å². The van der Waals surface area contributed by atoms with Crippen LogP contribution in [0.2, 0.25) is 0 Å². The molecular weight excluding hydrogens is 337 g/mol. The molecule has 24 heavy (non-hydrogen) atoms. The monoisotopic (exact) mass is 351 g/mol. The number of hydrogen-bond donors (Lipinski definition) is 1. The first kappa shape index (κ1) is 19.7. The van der Waals surface area contributed by atoms with Gasteiger partial charge in [0.15, 0.2) is 5.92 Å². The fraction of sp³-hybridized carbons (Fsp3) is 0.400. The summed E-state index contributed by atoms with van der Waals surface area (Å²) in [5.74, 6) is -5.27. The average Bonchev–Trinajstić information content (AvgIpc) is 2.46. The van der Waals surface area contributed by atoms with E-state index in [2.05, 4.69) is 4.74 Å². The van der Waals surface area contributed by atoms with Crippen LogP contribution in [0.3, 0.4) is 0 Å². The van der Waals surface area contributed by atoms with Crippen molar-refractivity contribution < 1.29 is 36.3 Å². The number of carbonyl (C=O) groups is 2. The van der Waals surface area contributed by atoms with Gasteiger partial charge in [-0.3, -0.25) is 9.59 Å². The summed E-state index contributed by atoms with van der Waals surface area (Å²) in [6.07, 6.45) is -8.68. The van der Waals surface area contributed by atoms with E-state index >= 15 is 0 Å². The van der Waals surface area contributed by atoms with Crippen LogP contribution in [-0.2, 0) is 26.9 Å². The fourth-order valence-corrected chi connectivity index (χ4v) is 1.96. The molecule has 0 bridgehead atoms. The molecule has 0 heterocycles. The molecule has 0 aliphatic rings. The lowest BCUT2D eigenvalue weighted by Gasteiger charge is -2.16. The van der Waals surface area contributed by atoms with Crippen LogP contribution in [0, 0.1) is 11.3 Å². The fourth-order valence-electron chi connectivity index (χ4n) is 1.96. The molecule has 0 aliphatic carbocycles. The van der Waals surface area contributed by atoms with Gasteiger partial charge in [0, 0.05) is 12.1 Å². The number of ketones is 1. The van der Waals surface area contributed by atoms with E-state index in [0.29, 0.717) is 0 Å². The summed E-state index contributed by atoms with van der Waals surface area (Å²) >= 11 is 0. The van der Waals surface area contributed by atoms with Crippen molar-refractivity contribution in [2.45, 2.75) is 25.9 Å². The molecule has 132 valence electrons. The number of alkyl halides is 5. The van der Waals surface area contributed by atoms with Crippen molar-refractivity contribution in [3.8, 4) is 0 Å². The second-order valence-corrected chi connectivity index (χ2v) is 4.79. The van der Waals surface area contributed by atoms with Gasteiger partial charge in [0.05, 0.1) is 12.2 Å². The Labute approximate surface area is 134 Å². The summed E-state index contributed by atoms with van der Waals surface area (Å²) in [7, 11) is 0. The average molecular weight is 351 g/mol. The lowest BCUT2D eigenvalue weighted by Crippen LogP contribution is -2.37. The topological polar surface area (TPSA) is 67.2 Å². The summed E-state index contributed by atoms with van der Waals surface area (Å²) in [4.78, 5) is 23.1. The molecule has 0 saturated heterocycles. The Balaban J connectivity index is 3.04. The van der Waals surface area contributed by atoms with Gasteiger partial charge < -0.3 is 10.1 Å². The van der Waals surface area contributed by atoms with Crippen molar-refractivity contribution in [1.82, 2.24) is 0 Å². The number of hydrogen-bond acceptors (Lipinski definition) is 4. The molecule has 0 spiro atoms. The lowest BCUT2D eigenvalue weighted by molar-refractivity contribution is -0.151. The van der Waals surface area contributed by atoms with E-state index in [1.165, 1.54) is 13.0 Å². The second-order valence-electron chi connectivity index (χ2n) is 4.79. The predicted octanol–water partition coefficient (Wildman–Crippen LogP) is 3.28. The highest BCUT2D eigenvalue weighted by Crippen LogP contribution is 2.29. The van der Waals surface area contributed by atoms with Crippen LogP contribution in [0.5, 0.6) is 0 Å². The third-order valence-electron chi connectivity index (χ3n) is 3.02. The van der Waals surface area contributed by atoms with Gasteiger partial charge in [0.1, 0.15) is 0 Å². The van der Waals surface area contributed by atoms with E-state index in [1.54, 1.807) is 0 Å². The van der Waals surface area contributed by atoms with Gasteiger partial charge in [-0.05, 0) is 18.6 Å². The standard InChI is InChI=1S/C15H14F5NO3/c1-2-24-14(23)11(12(22)13(16)17)10(21)7-8-4-3-5-9(6-8)15(18,19)20/h3-6,11,13,21H,2,7H2,1H3. The van der Waals surface area contributed by atoms with Gasteiger partial charge in [-0.2, -0.15) is 13.2 Å². The molecule has 9 heteroatoms. The molecule has 1 unspecified atom stereocenters. The third kappa shape index (κ3) is 5.10. The number of esters is 1. The van der Waals surface area contributed by atoms with Crippen molar-refractivity contribution in [1.29, 1.82) is 5.41 Å². The maximum Gasteiger partial charge on any atom is 0.416 e. The first-order valence-electron chi connectivity index (χ1n) is 6.79. The molecule has 0 aliphatic heterocycles. The van der Waals surface area contributed by atoms with Gasteiger partial charge in [-0.15, -0.1) is 0 Å². The molecule has 0 saturated carbocycles. The van der Waals surface area contributed by atoms with Crippen molar-refractivity contribution >= 4 is 17.5 Å². The Kier molecular flexibility index (Phi) is 6.56. The molecule has 1 aromatic rings. The number of benzene rings is 1. The summed E-state index contributed by atoms with van der Waals surface area (Å²) in [6, 6.07) is 3.85. The van der Waals surface area contributed by atoms with Crippen molar-refractivity contribution in [3.05, 3.63) is 35.4 Å². The molecule has 1 rings (SSSR count). The molecule has 4 nitrogen and oxygen atoms in total. The first-order valence-corrected chi connectivity index (χ1v) is 6.79. The van der Waals surface area contributed by atoms with Crippen LogP contribution >= 0.6 is 0 Å². The summed E-state index contributed by atoms with van der Waals surface area (Å²) < 4.78 is 67.6. The van der Waals surface area contributed by atoms with Crippen LogP contribution in [0.1, 0.15) is 18.1 Å². The Bertz CT molecular complexity index is 628. The largest absolute Gasteiger partial charge is 0.465 e. The maximum atomic E-state index is 12.6. The van der Waals surface area contributed by atoms with Crippen molar-refractivity contribution in [2.24, 2.45) is 5.92 Å². The van der Waals surface area contributed by atoms with E-state index in [9.17, 15) is 31.5 Å². The number of halogens is 5. The Hall–Kier alpha value is -2.32. The Morgan fingerprint density at radius 1 is 1.25 bits per heavy atom. The molecule has 1 aromatic carbocycles. The highest BCUT2D eigenvalue weighted by molar-refractivity contribution is 6.19. The van der Waals surface area contributed by atoms with E-state index in [-0.39, 0.29) is 12.2 Å². The molecule has 1 N–H and O–H groups in total. The van der Waals surface area contributed by atoms with E-state index in [1.807, 2.05) is 0 Å². The molecule has 0 amide bonds. The van der Waals surface area contributed by atoms with Crippen LogP contribution in [-0.4, -0.2) is 30.5 Å². The zero-order chi connectivity index (χ0) is 18.5. The van der Waals surface area contributed by atoms with Gasteiger partial charge in [-0.1, -0.05) is 18.2 Å². The Morgan fingerprint density at radius 2 is 1.88 bits per heavy atom. The summed E-state index contributed by atoms with van der Waals surface area (Å²) in [6.45, 7) is 1.20. The minimum absolute atomic E-state index is 0.0359. The quantitative estimate of drug-likeness (QED) is 0.355. The van der Waals surface area contributed by atoms with Crippen LogP contribution in [0.4, 0.5) is 22.0 Å². The smallest absolute Gasteiger partial charge is 0.416 e. The van der Waals surface area contributed by atoms with Crippen LogP contribution in [0.25, 0.3) is 0 Å². The first-order chi connectivity index (χ1) is 11.1. The SMILES string of the molecule is CCOC(=O)C(C(=N)Cc1cccc(C(F)(F)F)c1)C(=O)C(F)F. The molecule has 1 atom stereocenters. The zero-order valence-corrected chi connectivity index (χ0v) is 12.5. The molecule has 0 radical (unpaired) electrons. The van der Waals surface area contributed by atoms with E-state index in [0.717, 1.165) is 18.2 Å². The summed E-state index contributed by atoms with van der Waals surface area (Å²) in [5, 5.41) is 7.71. The highest BCUT2D eigenvalue weighted by atomic mass is 19.4. The van der Waals surface area contributed by atoms with Crippen LogP contribution in [0.15, 0.2) is 24.3 Å². The number of nitrogens with one attached hydrogen (secondary N) is 1. The van der Waals surface area contributed by atoms with E-state index in [4.69, 9.17) is 5.41 Å². The third-order valence-corrected chi connectivity index (χ3v) is 3.02. The van der Waals surface area contributed by atoms with Crippen LogP contribution < -0.4 is 0 Å². The number of carbonyl (C=O) groups excluding carboxylic acids is 2. The number of rotatable bonds is 7. The molecule has 0 aromatic heterocycles. The van der Waals surface area contributed by atoms with Gasteiger partial charge in [-0.25, -0.2) is 8.78 Å². The summed E-state index contributed by atoms with van der Waals surface area (Å²) in [5.41, 5.74) is -1.77. The zero-order valence-electron chi connectivity index (χ0n) is 12.5. The highest BCUT2D eigenvalue weighted by Gasteiger charge is 2.37. The number of Topliss-reactive ketones (excluding diaryl/α,β-unsaturated/α-hetero) is 1. The maximum absolute atomic E-state index is 12.6. The number of ether oxygens (including phenoxy) is 1. The van der Waals surface area contributed by atoms with Crippen molar-refractivity contribution in [2.75, 3.05) is 6.61 Å².